The van der Waals surface area contributed by atoms with E-state index in [1.165, 1.54) is 12.8 Å². The molecule has 2 saturated carbocycles. The normalized spacial score (nSPS) is 31.6. The average molecular weight is 238 g/mol. The van der Waals surface area contributed by atoms with Crippen molar-refractivity contribution < 1.29 is 9.63 Å². The standard InChI is InChI=1S/C13H22N2O2/c16-12(15-17-10-3-1-2-4-10)11-9-13(11)5-7-14-8-6-13/h10-11,14H,1-9H2,(H,15,16). The number of rotatable bonds is 3. The van der Waals surface area contributed by atoms with E-state index in [1.54, 1.807) is 0 Å². The number of piperidine rings is 1. The third-order valence-electron chi connectivity index (χ3n) is 4.73. The Bertz CT molecular complexity index is 294. The molecule has 2 aliphatic carbocycles. The molecule has 1 amide bonds. The highest BCUT2D eigenvalue weighted by molar-refractivity contribution is 5.81. The second-order valence-corrected chi connectivity index (χ2v) is 5.86. The van der Waals surface area contributed by atoms with Crippen LogP contribution in [0, 0.1) is 11.3 Å². The lowest BCUT2D eigenvalue weighted by atomic mass is 9.92. The molecule has 1 atom stereocenters. The largest absolute Gasteiger partial charge is 0.317 e. The lowest BCUT2D eigenvalue weighted by Crippen LogP contribution is -2.35. The fraction of sp³-hybridized carbons (Fsp3) is 0.923. The number of hydroxylamine groups is 1. The van der Waals surface area contributed by atoms with Crippen molar-refractivity contribution in [3.8, 4) is 0 Å². The number of hydrogen-bond acceptors (Lipinski definition) is 3. The van der Waals surface area contributed by atoms with Crippen LogP contribution < -0.4 is 10.8 Å². The van der Waals surface area contributed by atoms with Crippen LogP contribution in [-0.2, 0) is 9.63 Å². The lowest BCUT2D eigenvalue weighted by Gasteiger charge is -2.23. The fourth-order valence-corrected chi connectivity index (χ4v) is 3.41. The molecule has 1 saturated heterocycles. The molecule has 4 nitrogen and oxygen atoms in total. The Hall–Kier alpha value is -0.610. The summed E-state index contributed by atoms with van der Waals surface area (Å²) >= 11 is 0. The summed E-state index contributed by atoms with van der Waals surface area (Å²) in [5.74, 6) is 0.338. The molecule has 3 aliphatic rings. The van der Waals surface area contributed by atoms with Gasteiger partial charge < -0.3 is 5.32 Å². The van der Waals surface area contributed by atoms with Gasteiger partial charge in [-0.05, 0) is 50.6 Å². The lowest BCUT2D eigenvalue weighted by molar-refractivity contribution is -0.140. The van der Waals surface area contributed by atoms with Crippen LogP contribution >= 0.6 is 0 Å². The number of carbonyl (C=O) groups is 1. The van der Waals surface area contributed by atoms with Gasteiger partial charge in [0.15, 0.2) is 0 Å². The predicted molar refractivity (Wildman–Crippen MR) is 64.1 cm³/mol. The molecule has 2 N–H and O–H groups in total. The Kier molecular flexibility index (Phi) is 3.09. The van der Waals surface area contributed by atoms with Gasteiger partial charge in [-0.25, -0.2) is 5.48 Å². The molecule has 3 fully saturated rings. The van der Waals surface area contributed by atoms with Gasteiger partial charge in [-0.3, -0.25) is 9.63 Å². The van der Waals surface area contributed by atoms with Crippen LogP contribution in [0.5, 0.6) is 0 Å². The van der Waals surface area contributed by atoms with Crippen LogP contribution in [0.15, 0.2) is 0 Å². The molecule has 96 valence electrons. The summed E-state index contributed by atoms with van der Waals surface area (Å²) in [7, 11) is 0. The molecule has 0 aromatic heterocycles. The van der Waals surface area contributed by atoms with Gasteiger partial charge in [-0.2, -0.15) is 0 Å². The first kappa shape index (κ1) is 11.5. The second kappa shape index (κ2) is 4.58. The highest BCUT2D eigenvalue weighted by Crippen LogP contribution is 2.58. The Morgan fingerprint density at radius 3 is 2.65 bits per heavy atom. The summed E-state index contributed by atoms with van der Waals surface area (Å²) < 4.78 is 0. The Labute approximate surface area is 102 Å². The van der Waals surface area contributed by atoms with Gasteiger partial charge in [0.1, 0.15) is 0 Å². The van der Waals surface area contributed by atoms with Crippen LogP contribution in [0.1, 0.15) is 44.9 Å². The van der Waals surface area contributed by atoms with Crippen LogP contribution in [-0.4, -0.2) is 25.1 Å². The predicted octanol–water partition coefficient (Wildman–Crippen LogP) is 1.37. The first-order chi connectivity index (χ1) is 8.30. The van der Waals surface area contributed by atoms with Gasteiger partial charge in [-0.15, -0.1) is 0 Å². The molecular weight excluding hydrogens is 216 g/mol. The summed E-state index contributed by atoms with van der Waals surface area (Å²) in [6.45, 7) is 2.13. The molecule has 1 heterocycles. The third-order valence-corrected chi connectivity index (χ3v) is 4.73. The Morgan fingerprint density at radius 1 is 1.24 bits per heavy atom. The van der Waals surface area contributed by atoms with E-state index in [1.807, 2.05) is 0 Å². The van der Waals surface area contributed by atoms with Crippen LogP contribution in [0.3, 0.4) is 0 Å². The summed E-state index contributed by atoms with van der Waals surface area (Å²) in [6, 6.07) is 0. The smallest absolute Gasteiger partial charge is 0.247 e. The summed E-state index contributed by atoms with van der Waals surface area (Å²) in [4.78, 5) is 17.5. The summed E-state index contributed by atoms with van der Waals surface area (Å²) in [5, 5.41) is 3.35. The molecule has 0 aromatic carbocycles. The SMILES string of the molecule is O=C(NOC1CCCC1)C1CC12CCNCC2. The zero-order chi connectivity index (χ0) is 11.7. The molecule has 0 radical (unpaired) electrons. The van der Waals surface area contributed by atoms with E-state index in [0.717, 1.165) is 45.2 Å². The molecular formula is C13H22N2O2. The van der Waals surface area contributed by atoms with Crippen LogP contribution in [0.2, 0.25) is 0 Å². The van der Waals surface area contributed by atoms with E-state index in [2.05, 4.69) is 10.8 Å². The van der Waals surface area contributed by atoms with E-state index in [9.17, 15) is 4.79 Å². The van der Waals surface area contributed by atoms with Crippen LogP contribution in [0.4, 0.5) is 0 Å². The monoisotopic (exact) mass is 238 g/mol. The molecule has 4 heteroatoms. The van der Waals surface area contributed by atoms with Crippen molar-refractivity contribution in [1.29, 1.82) is 0 Å². The Morgan fingerprint density at radius 2 is 1.94 bits per heavy atom. The maximum Gasteiger partial charge on any atom is 0.247 e. The highest BCUT2D eigenvalue weighted by Gasteiger charge is 2.57. The first-order valence-corrected chi connectivity index (χ1v) is 6.96. The van der Waals surface area contributed by atoms with E-state index in [4.69, 9.17) is 4.84 Å². The molecule has 1 aliphatic heterocycles. The van der Waals surface area contributed by atoms with Gasteiger partial charge in [0.05, 0.1) is 6.10 Å². The minimum atomic E-state index is 0.124. The van der Waals surface area contributed by atoms with Crippen molar-refractivity contribution in [3.05, 3.63) is 0 Å². The van der Waals surface area contributed by atoms with Crippen molar-refractivity contribution in [2.24, 2.45) is 11.3 Å². The zero-order valence-corrected chi connectivity index (χ0v) is 10.3. The van der Waals surface area contributed by atoms with Crippen molar-refractivity contribution in [2.75, 3.05) is 13.1 Å². The van der Waals surface area contributed by atoms with Crippen molar-refractivity contribution >= 4 is 5.91 Å². The third kappa shape index (κ3) is 2.33. The van der Waals surface area contributed by atoms with Gasteiger partial charge in [0.2, 0.25) is 5.91 Å². The van der Waals surface area contributed by atoms with Gasteiger partial charge in [-0.1, -0.05) is 12.8 Å². The quantitative estimate of drug-likeness (QED) is 0.730. The van der Waals surface area contributed by atoms with Gasteiger partial charge in [0, 0.05) is 5.92 Å². The molecule has 0 aromatic rings. The van der Waals surface area contributed by atoms with E-state index in [0.29, 0.717) is 5.41 Å². The van der Waals surface area contributed by atoms with Gasteiger partial charge in [0.25, 0.3) is 0 Å². The number of carbonyl (C=O) groups excluding carboxylic acids is 1. The van der Waals surface area contributed by atoms with E-state index in [-0.39, 0.29) is 17.9 Å². The topological polar surface area (TPSA) is 50.4 Å². The number of amides is 1. The van der Waals surface area contributed by atoms with Crippen LogP contribution in [0.25, 0.3) is 0 Å². The van der Waals surface area contributed by atoms with Crippen molar-refractivity contribution in [3.63, 3.8) is 0 Å². The molecule has 17 heavy (non-hydrogen) atoms. The first-order valence-electron chi connectivity index (χ1n) is 6.96. The molecule has 3 rings (SSSR count). The number of hydrogen-bond donors (Lipinski definition) is 2. The highest BCUT2D eigenvalue weighted by atomic mass is 16.7. The minimum absolute atomic E-state index is 0.124. The maximum absolute atomic E-state index is 12.0. The molecule has 1 spiro atoms. The minimum Gasteiger partial charge on any atom is -0.317 e. The summed E-state index contributed by atoms with van der Waals surface area (Å²) in [5.41, 5.74) is 3.01. The zero-order valence-electron chi connectivity index (χ0n) is 10.3. The van der Waals surface area contributed by atoms with E-state index < -0.39 is 0 Å². The second-order valence-electron chi connectivity index (χ2n) is 5.86. The average Bonchev–Trinajstić information content (AvgIpc) is 2.82. The maximum atomic E-state index is 12.0. The Balaban J connectivity index is 1.44. The fourth-order valence-electron chi connectivity index (χ4n) is 3.41. The van der Waals surface area contributed by atoms with Crippen molar-refractivity contribution in [1.82, 2.24) is 10.8 Å². The van der Waals surface area contributed by atoms with E-state index >= 15 is 0 Å². The molecule has 1 unspecified atom stereocenters. The molecule has 0 bridgehead atoms. The van der Waals surface area contributed by atoms with Gasteiger partial charge >= 0.3 is 0 Å². The number of nitrogens with one attached hydrogen (secondary N) is 2. The van der Waals surface area contributed by atoms with Crippen molar-refractivity contribution in [2.45, 2.75) is 51.0 Å². The summed E-state index contributed by atoms with van der Waals surface area (Å²) in [6.07, 6.45) is 8.29.